The van der Waals surface area contributed by atoms with E-state index in [4.69, 9.17) is 9.15 Å². The number of aryl methyl sites for hydroxylation is 1. The van der Waals surface area contributed by atoms with Crippen molar-refractivity contribution in [2.75, 3.05) is 17.7 Å². The number of hydrogen-bond donors (Lipinski definition) is 2. The summed E-state index contributed by atoms with van der Waals surface area (Å²) in [6, 6.07) is 18.4. The van der Waals surface area contributed by atoms with E-state index in [0.717, 1.165) is 27.9 Å². The van der Waals surface area contributed by atoms with Crippen molar-refractivity contribution in [1.82, 2.24) is 4.98 Å². The van der Waals surface area contributed by atoms with E-state index in [1.807, 2.05) is 62.4 Å². The maximum Gasteiger partial charge on any atom is 0.323 e. The third-order valence-electron chi connectivity index (χ3n) is 4.84. The number of para-hydroxylation sites is 2. The maximum atomic E-state index is 12.6. The topological polar surface area (TPSA) is 76.4 Å². The summed E-state index contributed by atoms with van der Waals surface area (Å²) in [6.45, 7) is 3.98. The smallest absolute Gasteiger partial charge is 0.323 e. The number of nitrogens with one attached hydrogen (secondary N) is 2. The van der Waals surface area contributed by atoms with Gasteiger partial charge in [-0.05, 0) is 61.4 Å². The zero-order valence-electron chi connectivity index (χ0n) is 16.4. The molecule has 29 heavy (non-hydrogen) atoms. The third kappa shape index (κ3) is 3.78. The lowest BCUT2D eigenvalue weighted by atomic mass is 10.1. The molecule has 4 rings (SSSR count). The van der Waals surface area contributed by atoms with Crippen LogP contribution in [0.2, 0.25) is 0 Å². The molecule has 0 aliphatic rings. The van der Waals surface area contributed by atoms with Crippen LogP contribution >= 0.6 is 0 Å². The fourth-order valence-electron chi connectivity index (χ4n) is 3.10. The molecule has 0 saturated carbocycles. The lowest BCUT2D eigenvalue weighted by Crippen LogP contribution is -2.20. The Labute approximate surface area is 168 Å². The van der Waals surface area contributed by atoms with E-state index >= 15 is 0 Å². The monoisotopic (exact) mass is 387 g/mol. The number of anilines is 2. The second-order valence-corrected chi connectivity index (χ2v) is 6.73. The number of carbonyl (C=O) groups is 1. The molecule has 1 aromatic heterocycles. The Kier molecular flexibility index (Phi) is 4.91. The van der Waals surface area contributed by atoms with Crippen LogP contribution in [-0.4, -0.2) is 18.1 Å². The molecular formula is C23H21N3O3. The summed E-state index contributed by atoms with van der Waals surface area (Å²) in [5, 5.41) is 5.74. The minimum atomic E-state index is -0.355. The number of urea groups is 1. The summed E-state index contributed by atoms with van der Waals surface area (Å²) in [5.41, 5.74) is 5.64. The Balaban J connectivity index is 1.61. The molecule has 0 aliphatic heterocycles. The standard InChI is InChI=1S/C23H21N3O3/c1-14-7-6-9-17(15(14)2)25-23(27)26-19-13-16(11-12-20(19)28-3)22-24-18-8-4-5-10-21(18)29-22/h4-13H,1-3H3,(H2,25,26,27). The summed E-state index contributed by atoms with van der Waals surface area (Å²) >= 11 is 0. The van der Waals surface area contributed by atoms with Gasteiger partial charge in [0.1, 0.15) is 11.3 Å². The van der Waals surface area contributed by atoms with Gasteiger partial charge < -0.3 is 19.8 Å². The van der Waals surface area contributed by atoms with Crippen LogP contribution in [0.1, 0.15) is 11.1 Å². The zero-order valence-corrected chi connectivity index (χ0v) is 16.4. The van der Waals surface area contributed by atoms with E-state index in [0.29, 0.717) is 22.9 Å². The zero-order chi connectivity index (χ0) is 20.4. The highest BCUT2D eigenvalue weighted by molar-refractivity contribution is 6.01. The van der Waals surface area contributed by atoms with E-state index in [9.17, 15) is 4.79 Å². The van der Waals surface area contributed by atoms with Gasteiger partial charge in [0, 0.05) is 11.3 Å². The Morgan fingerprint density at radius 2 is 1.76 bits per heavy atom. The van der Waals surface area contributed by atoms with Gasteiger partial charge >= 0.3 is 6.03 Å². The van der Waals surface area contributed by atoms with Crippen LogP contribution in [0.3, 0.4) is 0 Å². The van der Waals surface area contributed by atoms with Crippen LogP contribution in [-0.2, 0) is 0 Å². The van der Waals surface area contributed by atoms with Crippen LogP contribution in [0.25, 0.3) is 22.6 Å². The number of aromatic nitrogens is 1. The third-order valence-corrected chi connectivity index (χ3v) is 4.84. The highest BCUT2D eigenvalue weighted by atomic mass is 16.5. The number of carbonyl (C=O) groups excluding carboxylic acids is 1. The molecule has 6 heteroatoms. The second kappa shape index (κ2) is 7.67. The van der Waals surface area contributed by atoms with Crippen molar-refractivity contribution < 1.29 is 13.9 Å². The van der Waals surface area contributed by atoms with Gasteiger partial charge in [-0.3, -0.25) is 0 Å². The van der Waals surface area contributed by atoms with Crippen LogP contribution in [0.15, 0.2) is 65.1 Å². The van der Waals surface area contributed by atoms with Crippen molar-refractivity contribution in [3.05, 3.63) is 71.8 Å². The number of methoxy groups -OCH3 is 1. The van der Waals surface area contributed by atoms with Gasteiger partial charge in [-0.25, -0.2) is 9.78 Å². The largest absolute Gasteiger partial charge is 0.495 e. The van der Waals surface area contributed by atoms with Gasteiger partial charge in [0.05, 0.1) is 12.8 Å². The van der Waals surface area contributed by atoms with Crippen LogP contribution in [0.4, 0.5) is 16.2 Å². The average Bonchev–Trinajstić information content (AvgIpc) is 3.15. The number of amides is 2. The second-order valence-electron chi connectivity index (χ2n) is 6.73. The van der Waals surface area contributed by atoms with Crippen molar-refractivity contribution in [2.45, 2.75) is 13.8 Å². The summed E-state index contributed by atoms with van der Waals surface area (Å²) in [6.07, 6.45) is 0. The normalized spacial score (nSPS) is 10.7. The van der Waals surface area contributed by atoms with Crippen molar-refractivity contribution in [1.29, 1.82) is 0 Å². The van der Waals surface area contributed by atoms with Gasteiger partial charge in [0.25, 0.3) is 0 Å². The van der Waals surface area contributed by atoms with Crippen LogP contribution < -0.4 is 15.4 Å². The van der Waals surface area contributed by atoms with Crippen LogP contribution in [0.5, 0.6) is 5.75 Å². The maximum absolute atomic E-state index is 12.6. The highest BCUT2D eigenvalue weighted by Gasteiger charge is 2.14. The van der Waals surface area contributed by atoms with Gasteiger partial charge in [-0.15, -0.1) is 0 Å². The summed E-state index contributed by atoms with van der Waals surface area (Å²) in [7, 11) is 1.56. The minimum Gasteiger partial charge on any atom is -0.495 e. The fraction of sp³-hybridized carbons (Fsp3) is 0.130. The first-order valence-corrected chi connectivity index (χ1v) is 9.23. The van der Waals surface area contributed by atoms with Crippen molar-refractivity contribution in [3.8, 4) is 17.2 Å². The van der Waals surface area contributed by atoms with E-state index in [-0.39, 0.29) is 6.03 Å². The lowest BCUT2D eigenvalue weighted by molar-refractivity contribution is 0.262. The Hall–Kier alpha value is -3.80. The number of ether oxygens (including phenoxy) is 1. The quantitative estimate of drug-likeness (QED) is 0.466. The Morgan fingerprint density at radius 1 is 0.966 bits per heavy atom. The molecule has 3 aromatic carbocycles. The molecule has 0 fully saturated rings. The number of oxazole rings is 1. The van der Waals surface area contributed by atoms with E-state index in [1.165, 1.54) is 0 Å². The minimum absolute atomic E-state index is 0.355. The number of rotatable bonds is 4. The molecule has 2 N–H and O–H groups in total. The van der Waals surface area contributed by atoms with Crippen LogP contribution in [0, 0.1) is 13.8 Å². The van der Waals surface area contributed by atoms with Gasteiger partial charge in [0.2, 0.25) is 5.89 Å². The lowest BCUT2D eigenvalue weighted by Gasteiger charge is -2.14. The molecule has 0 unspecified atom stereocenters. The molecule has 0 saturated heterocycles. The number of hydrogen-bond acceptors (Lipinski definition) is 4. The van der Waals surface area contributed by atoms with Crippen molar-refractivity contribution >= 4 is 28.5 Å². The van der Waals surface area contributed by atoms with E-state index in [2.05, 4.69) is 15.6 Å². The molecule has 0 aliphatic carbocycles. The van der Waals surface area contributed by atoms with Gasteiger partial charge in [0.15, 0.2) is 5.58 Å². The first-order valence-electron chi connectivity index (χ1n) is 9.23. The molecular weight excluding hydrogens is 366 g/mol. The molecule has 6 nitrogen and oxygen atoms in total. The van der Waals surface area contributed by atoms with E-state index in [1.54, 1.807) is 19.2 Å². The highest BCUT2D eigenvalue weighted by Crippen LogP contribution is 2.32. The predicted molar refractivity (Wildman–Crippen MR) is 115 cm³/mol. The summed E-state index contributed by atoms with van der Waals surface area (Å²) in [4.78, 5) is 17.1. The average molecular weight is 387 g/mol. The SMILES string of the molecule is COc1ccc(-c2nc3ccccc3o2)cc1NC(=O)Nc1cccc(C)c1C. The molecule has 2 amide bonds. The molecule has 0 spiro atoms. The summed E-state index contributed by atoms with van der Waals surface area (Å²) < 4.78 is 11.2. The number of nitrogens with zero attached hydrogens (tertiary/aromatic N) is 1. The molecule has 0 radical (unpaired) electrons. The fourth-order valence-corrected chi connectivity index (χ4v) is 3.10. The van der Waals surface area contributed by atoms with Gasteiger partial charge in [-0.2, -0.15) is 0 Å². The Bertz CT molecular complexity index is 1160. The Morgan fingerprint density at radius 3 is 2.55 bits per heavy atom. The predicted octanol–water partition coefficient (Wildman–Crippen LogP) is 5.76. The first-order chi connectivity index (χ1) is 14.0. The molecule has 0 atom stereocenters. The first kappa shape index (κ1) is 18.6. The van der Waals surface area contributed by atoms with Gasteiger partial charge in [-0.1, -0.05) is 24.3 Å². The number of benzene rings is 3. The van der Waals surface area contributed by atoms with Crippen molar-refractivity contribution in [2.24, 2.45) is 0 Å². The molecule has 1 heterocycles. The molecule has 146 valence electrons. The van der Waals surface area contributed by atoms with Crippen molar-refractivity contribution in [3.63, 3.8) is 0 Å². The molecule has 0 bridgehead atoms. The summed E-state index contributed by atoms with van der Waals surface area (Å²) in [5.74, 6) is 1.02. The molecule has 4 aromatic rings. The number of fused-ring (bicyclic) bond motifs is 1. The van der Waals surface area contributed by atoms with E-state index < -0.39 is 0 Å².